The lowest BCUT2D eigenvalue weighted by Crippen LogP contribution is -2.53. The number of aliphatic hydroxyl groups excluding tert-OH is 1. The number of Topliss-reactive ketones (excluding diaryl/α,β-unsaturated/α-hetero) is 1. The van der Waals surface area contributed by atoms with Crippen LogP contribution in [0.2, 0.25) is 0 Å². The fourth-order valence-corrected chi connectivity index (χ4v) is 5.24. The Morgan fingerprint density at radius 2 is 1.83 bits per heavy atom. The Morgan fingerprint density at radius 3 is 2.44 bits per heavy atom. The molecule has 11 heteroatoms. The van der Waals surface area contributed by atoms with Crippen molar-refractivity contribution >= 4 is 23.7 Å². The number of ether oxygens (including phenoxy) is 6. The molecule has 0 aliphatic carbocycles. The van der Waals surface area contributed by atoms with Crippen LogP contribution < -0.4 is 0 Å². The molecule has 2 aliphatic rings. The molecule has 0 bridgehead atoms. The fraction of sp³-hybridized carbons (Fsp3) is 0.600. The van der Waals surface area contributed by atoms with Gasteiger partial charge in [0.2, 0.25) is 0 Å². The van der Waals surface area contributed by atoms with Crippen molar-refractivity contribution in [2.45, 2.75) is 108 Å². The average molecular weight is 577 g/mol. The highest BCUT2D eigenvalue weighted by molar-refractivity contribution is 5.85. The van der Waals surface area contributed by atoms with Crippen molar-refractivity contribution < 1.29 is 52.7 Å². The van der Waals surface area contributed by atoms with Crippen molar-refractivity contribution in [1.82, 2.24) is 0 Å². The zero-order chi connectivity index (χ0) is 30.2. The van der Waals surface area contributed by atoms with Crippen LogP contribution in [0.1, 0.15) is 58.9 Å². The van der Waals surface area contributed by atoms with Crippen LogP contribution in [0.3, 0.4) is 0 Å². The number of hydrogen-bond acceptors (Lipinski definition) is 11. The summed E-state index contributed by atoms with van der Waals surface area (Å²) in [6.07, 6.45) is -4.42. The van der Waals surface area contributed by atoms with Gasteiger partial charge in [0.15, 0.2) is 18.0 Å². The average Bonchev–Trinajstić information content (AvgIpc) is 3.20. The molecule has 0 aromatic heterocycles. The first-order chi connectivity index (χ1) is 19.4. The van der Waals surface area contributed by atoms with E-state index in [-0.39, 0.29) is 37.9 Å². The summed E-state index contributed by atoms with van der Waals surface area (Å²) in [4.78, 5) is 48.7. The van der Waals surface area contributed by atoms with Gasteiger partial charge in [-0.2, -0.15) is 0 Å². The molecule has 11 nitrogen and oxygen atoms in total. The van der Waals surface area contributed by atoms with Gasteiger partial charge >= 0.3 is 17.9 Å². The molecule has 0 radical (unpaired) electrons. The Bertz CT molecular complexity index is 1070. The maximum absolute atomic E-state index is 13.0. The third-order valence-corrected chi connectivity index (χ3v) is 6.98. The SMILES string of the molecule is C=CC[C@@H]1CCC(=O)[C@@H]([C@@H](OC(C)=O)C2OC(C[C@@](C)(COC(C)=O)OC(C)=O)C(OCc3ccccc3)C2O)O1. The third kappa shape index (κ3) is 9.19. The van der Waals surface area contributed by atoms with E-state index in [0.717, 1.165) is 5.56 Å². The zero-order valence-corrected chi connectivity index (χ0v) is 24.0. The molecule has 4 unspecified atom stereocenters. The minimum absolute atomic E-state index is 0.0434. The van der Waals surface area contributed by atoms with Crippen molar-refractivity contribution in [3.63, 3.8) is 0 Å². The van der Waals surface area contributed by atoms with Gasteiger partial charge in [-0.05, 0) is 25.3 Å². The van der Waals surface area contributed by atoms with Crippen LogP contribution in [0.15, 0.2) is 43.0 Å². The second-order valence-corrected chi connectivity index (χ2v) is 10.7. The number of rotatable bonds is 13. The second kappa shape index (κ2) is 14.7. The summed E-state index contributed by atoms with van der Waals surface area (Å²) in [5.41, 5.74) is -0.506. The molecule has 2 heterocycles. The van der Waals surface area contributed by atoms with Crippen LogP contribution >= 0.6 is 0 Å². The van der Waals surface area contributed by atoms with E-state index in [1.807, 2.05) is 30.3 Å². The number of carbonyl (C=O) groups is 4. The van der Waals surface area contributed by atoms with Gasteiger partial charge in [-0.25, -0.2) is 0 Å². The largest absolute Gasteiger partial charge is 0.462 e. The van der Waals surface area contributed by atoms with Gasteiger partial charge in [-0.3, -0.25) is 19.2 Å². The summed E-state index contributed by atoms with van der Waals surface area (Å²) >= 11 is 0. The van der Waals surface area contributed by atoms with Crippen LogP contribution in [0, 0.1) is 0 Å². The highest BCUT2D eigenvalue weighted by Gasteiger charge is 2.55. The van der Waals surface area contributed by atoms with Gasteiger partial charge in [-0.15, -0.1) is 6.58 Å². The molecule has 226 valence electrons. The summed E-state index contributed by atoms with van der Waals surface area (Å²) in [7, 11) is 0. The highest BCUT2D eigenvalue weighted by atomic mass is 16.6. The lowest BCUT2D eigenvalue weighted by Gasteiger charge is -2.36. The smallest absolute Gasteiger partial charge is 0.303 e. The third-order valence-electron chi connectivity index (χ3n) is 6.98. The van der Waals surface area contributed by atoms with E-state index in [0.29, 0.717) is 12.8 Å². The van der Waals surface area contributed by atoms with Crippen LogP contribution in [-0.2, 0) is 54.2 Å². The molecular formula is C30H40O11. The molecule has 3 rings (SSSR count). The van der Waals surface area contributed by atoms with Crippen molar-refractivity contribution in [3.05, 3.63) is 48.6 Å². The second-order valence-electron chi connectivity index (χ2n) is 10.7. The number of hydrogen-bond donors (Lipinski definition) is 1. The summed E-state index contributed by atoms with van der Waals surface area (Å²) in [6.45, 7) is 8.80. The number of esters is 3. The molecule has 1 N–H and O–H groups in total. The number of ketones is 1. The van der Waals surface area contributed by atoms with Gasteiger partial charge in [-0.1, -0.05) is 36.4 Å². The van der Waals surface area contributed by atoms with Crippen LogP contribution in [0.4, 0.5) is 0 Å². The summed E-state index contributed by atoms with van der Waals surface area (Å²) in [5.74, 6) is -2.14. The summed E-state index contributed by atoms with van der Waals surface area (Å²) < 4.78 is 34.7. The number of benzene rings is 1. The normalized spacial score (nSPS) is 28.3. The van der Waals surface area contributed by atoms with Gasteiger partial charge in [0.1, 0.15) is 30.5 Å². The molecule has 41 heavy (non-hydrogen) atoms. The molecule has 2 fully saturated rings. The molecule has 0 amide bonds. The Balaban J connectivity index is 1.93. The molecule has 0 spiro atoms. The van der Waals surface area contributed by atoms with E-state index in [1.54, 1.807) is 13.0 Å². The maximum atomic E-state index is 13.0. The number of aliphatic hydroxyl groups is 1. The van der Waals surface area contributed by atoms with Gasteiger partial charge in [0, 0.05) is 33.6 Å². The fourth-order valence-electron chi connectivity index (χ4n) is 5.24. The lowest BCUT2D eigenvalue weighted by molar-refractivity contribution is -0.193. The van der Waals surface area contributed by atoms with E-state index >= 15 is 0 Å². The molecule has 8 atom stereocenters. The first-order valence-electron chi connectivity index (χ1n) is 13.7. The van der Waals surface area contributed by atoms with Crippen molar-refractivity contribution in [1.29, 1.82) is 0 Å². The molecule has 0 saturated carbocycles. The minimum atomic E-state index is -1.36. The van der Waals surface area contributed by atoms with Gasteiger partial charge < -0.3 is 33.5 Å². The number of carbonyl (C=O) groups excluding carboxylic acids is 4. The molecule has 2 saturated heterocycles. The Morgan fingerprint density at radius 1 is 1.12 bits per heavy atom. The summed E-state index contributed by atoms with van der Waals surface area (Å²) in [6, 6.07) is 9.27. The van der Waals surface area contributed by atoms with E-state index < -0.39 is 60.1 Å². The van der Waals surface area contributed by atoms with Gasteiger partial charge in [0.05, 0.1) is 18.8 Å². The van der Waals surface area contributed by atoms with Crippen molar-refractivity contribution in [2.75, 3.05) is 6.61 Å². The topological polar surface area (TPSA) is 144 Å². The standard InChI is InChI=1S/C30H40O11/c1-6-10-22-13-14-23(34)26(39-22)29(38-19(3)32)28-25(35)27(36-16-21-11-8-7-9-12-21)24(40-28)15-30(5,41-20(4)33)17-37-18(2)31/h6-9,11-12,22,24-29,35H,1,10,13-17H2,2-5H3/t22-,24?,25?,26+,27?,28?,29-,30+/m1/s1. The molecule has 2 aliphatic heterocycles. The first-order valence-corrected chi connectivity index (χ1v) is 13.7. The highest BCUT2D eigenvalue weighted by Crippen LogP contribution is 2.37. The van der Waals surface area contributed by atoms with Crippen LogP contribution in [0.5, 0.6) is 0 Å². The Kier molecular flexibility index (Phi) is 11.6. The van der Waals surface area contributed by atoms with E-state index in [4.69, 9.17) is 28.4 Å². The minimum Gasteiger partial charge on any atom is -0.462 e. The molecular weight excluding hydrogens is 536 g/mol. The Hall–Kier alpha value is -3.12. The quantitative estimate of drug-likeness (QED) is 0.210. The monoisotopic (exact) mass is 576 g/mol. The van der Waals surface area contributed by atoms with Crippen molar-refractivity contribution in [3.8, 4) is 0 Å². The van der Waals surface area contributed by atoms with E-state index in [1.165, 1.54) is 20.8 Å². The molecule has 1 aromatic rings. The lowest BCUT2D eigenvalue weighted by atomic mass is 9.91. The predicted octanol–water partition coefficient (Wildman–Crippen LogP) is 2.60. The van der Waals surface area contributed by atoms with E-state index in [2.05, 4.69) is 6.58 Å². The first kappa shape index (κ1) is 32.4. The van der Waals surface area contributed by atoms with Crippen LogP contribution in [0.25, 0.3) is 0 Å². The van der Waals surface area contributed by atoms with Crippen molar-refractivity contribution in [2.24, 2.45) is 0 Å². The van der Waals surface area contributed by atoms with Crippen LogP contribution in [-0.4, -0.2) is 83.7 Å². The van der Waals surface area contributed by atoms with Gasteiger partial charge in [0.25, 0.3) is 0 Å². The van der Waals surface area contributed by atoms with E-state index in [9.17, 15) is 24.3 Å². The zero-order valence-electron chi connectivity index (χ0n) is 24.0. The predicted molar refractivity (Wildman–Crippen MR) is 144 cm³/mol. The molecule has 1 aromatic carbocycles. The summed E-state index contributed by atoms with van der Waals surface area (Å²) in [5, 5.41) is 11.5. The maximum Gasteiger partial charge on any atom is 0.303 e. The Labute approximate surface area is 240 Å².